The molecule has 1 amide bonds. The summed E-state index contributed by atoms with van der Waals surface area (Å²) in [6.07, 6.45) is 3.66. The molecule has 1 heterocycles. The molecule has 3 rings (SSSR count). The van der Waals surface area contributed by atoms with Gasteiger partial charge in [-0.15, -0.1) is 0 Å². The molecule has 4 atom stereocenters. The highest BCUT2D eigenvalue weighted by molar-refractivity contribution is 5.94. The van der Waals surface area contributed by atoms with Crippen molar-refractivity contribution in [3.8, 4) is 0 Å². The summed E-state index contributed by atoms with van der Waals surface area (Å²) in [4.78, 5) is 19.4. The van der Waals surface area contributed by atoms with E-state index < -0.39 is 0 Å². The third-order valence-electron chi connectivity index (χ3n) is 7.48. The molecule has 1 fully saturated rings. The van der Waals surface area contributed by atoms with Gasteiger partial charge in [-0.3, -0.25) is 9.63 Å². The molecule has 1 saturated heterocycles. The third-order valence-corrected chi connectivity index (χ3v) is 7.48. The number of amides is 1. The number of benzene rings is 2. The Bertz CT molecular complexity index is 841. The van der Waals surface area contributed by atoms with E-state index in [-0.39, 0.29) is 28.9 Å². The van der Waals surface area contributed by atoms with E-state index in [0.717, 1.165) is 25.7 Å². The first-order valence-corrected chi connectivity index (χ1v) is 11.7. The standard InChI is InChI=1S/C27H38N2O2/c1-6-26(4)20-24(28-25(30)23-16-12-9-13-17-23)21(3)27(5,7-2)29(26)31-19-18-22-14-10-8-11-15-22/h8-17,21,24H,6-7,18-20H2,1-5H3,(H,28,30). The Morgan fingerprint density at radius 1 is 1.03 bits per heavy atom. The maximum atomic E-state index is 12.9. The lowest BCUT2D eigenvalue weighted by Crippen LogP contribution is -2.70. The van der Waals surface area contributed by atoms with E-state index in [1.54, 1.807) is 0 Å². The zero-order chi connectivity index (χ0) is 22.5. The van der Waals surface area contributed by atoms with Crippen LogP contribution in [0.25, 0.3) is 0 Å². The second kappa shape index (κ2) is 9.97. The number of nitrogens with zero attached hydrogens (tertiary/aromatic N) is 1. The van der Waals surface area contributed by atoms with Gasteiger partial charge in [-0.1, -0.05) is 69.3 Å². The SMILES string of the molecule is CCC1(C)CC(NC(=O)c2ccccc2)C(C)C(C)(CC)N1OCCc1ccccc1. The lowest BCUT2D eigenvalue weighted by molar-refractivity contribution is -0.306. The smallest absolute Gasteiger partial charge is 0.251 e. The Hall–Kier alpha value is -2.17. The van der Waals surface area contributed by atoms with Crippen LogP contribution in [0.3, 0.4) is 0 Å². The summed E-state index contributed by atoms with van der Waals surface area (Å²) in [5, 5.41) is 5.62. The molecule has 1 N–H and O–H groups in total. The zero-order valence-corrected chi connectivity index (χ0v) is 19.7. The summed E-state index contributed by atoms with van der Waals surface area (Å²) in [5.74, 6) is 0.259. The van der Waals surface area contributed by atoms with E-state index in [9.17, 15) is 4.79 Å². The Balaban J connectivity index is 1.77. The molecule has 4 nitrogen and oxygen atoms in total. The van der Waals surface area contributed by atoms with Gasteiger partial charge in [0.15, 0.2) is 0 Å². The molecule has 0 aliphatic carbocycles. The Morgan fingerprint density at radius 2 is 1.65 bits per heavy atom. The average Bonchev–Trinajstić information content (AvgIpc) is 2.80. The van der Waals surface area contributed by atoms with Gasteiger partial charge < -0.3 is 5.32 Å². The minimum absolute atomic E-state index is 0.00722. The second-order valence-electron chi connectivity index (χ2n) is 9.36. The normalized spacial score (nSPS) is 28.9. The molecule has 0 spiro atoms. The largest absolute Gasteiger partial charge is 0.349 e. The van der Waals surface area contributed by atoms with E-state index in [1.165, 1.54) is 5.56 Å². The Kier molecular flexibility index (Phi) is 7.55. The predicted molar refractivity (Wildman–Crippen MR) is 127 cm³/mol. The molecule has 0 saturated carbocycles. The highest BCUT2D eigenvalue weighted by Crippen LogP contribution is 2.45. The summed E-state index contributed by atoms with van der Waals surface area (Å²) in [6, 6.07) is 20.1. The lowest BCUT2D eigenvalue weighted by Gasteiger charge is -2.59. The van der Waals surface area contributed by atoms with Crippen molar-refractivity contribution in [1.29, 1.82) is 0 Å². The van der Waals surface area contributed by atoms with Crippen molar-refractivity contribution in [2.75, 3.05) is 6.61 Å². The zero-order valence-electron chi connectivity index (χ0n) is 19.7. The second-order valence-corrected chi connectivity index (χ2v) is 9.36. The van der Waals surface area contributed by atoms with E-state index in [2.05, 4.69) is 69.3 Å². The number of piperidine rings is 1. The first-order valence-electron chi connectivity index (χ1n) is 11.7. The summed E-state index contributed by atoms with van der Waals surface area (Å²) in [6.45, 7) is 11.9. The van der Waals surface area contributed by atoms with E-state index in [0.29, 0.717) is 12.2 Å². The van der Waals surface area contributed by atoms with Gasteiger partial charge in [0.25, 0.3) is 5.91 Å². The monoisotopic (exact) mass is 422 g/mol. The van der Waals surface area contributed by atoms with Crippen molar-refractivity contribution in [2.24, 2.45) is 5.92 Å². The topological polar surface area (TPSA) is 41.6 Å². The summed E-state index contributed by atoms with van der Waals surface area (Å²) in [7, 11) is 0. The maximum Gasteiger partial charge on any atom is 0.251 e. The van der Waals surface area contributed by atoms with Crippen molar-refractivity contribution in [3.05, 3.63) is 71.8 Å². The quantitative estimate of drug-likeness (QED) is 0.599. The number of carbonyl (C=O) groups excluding carboxylic acids is 1. The highest BCUT2D eigenvalue weighted by Gasteiger charge is 2.54. The van der Waals surface area contributed by atoms with Gasteiger partial charge in [-0.25, -0.2) is 0 Å². The Labute approximate surface area is 187 Å². The van der Waals surface area contributed by atoms with Crippen molar-refractivity contribution in [1.82, 2.24) is 10.4 Å². The van der Waals surface area contributed by atoms with Crippen molar-refractivity contribution < 1.29 is 9.63 Å². The Morgan fingerprint density at radius 3 is 2.23 bits per heavy atom. The predicted octanol–water partition coefficient (Wildman–Crippen LogP) is 5.64. The number of hydrogen-bond acceptors (Lipinski definition) is 3. The van der Waals surface area contributed by atoms with Crippen LogP contribution < -0.4 is 5.32 Å². The molecule has 0 aromatic heterocycles. The minimum Gasteiger partial charge on any atom is -0.349 e. The van der Waals surface area contributed by atoms with Crippen LogP contribution in [0, 0.1) is 5.92 Å². The fourth-order valence-corrected chi connectivity index (χ4v) is 4.94. The van der Waals surface area contributed by atoms with E-state index in [4.69, 9.17) is 4.84 Å². The van der Waals surface area contributed by atoms with Crippen LogP contribution in [0.2, 0.25) is 0 Å². The van der Waals surface area contributed by atoms with Crippen molar-refractivity contribution in [2.45, 2.75) is 77.4 Å². The maximum absolute atomic E-state index is 12.9. The highest BCUT2D eigenvalue weighted by atomic mass is 16.7. The number of nitrogens with one attached hydrogen (secondary N) is 1. The van der Waals surface area contributed by atoms with Crippen LogP contribution in [0.4, 0.5) is 0 Å². The fourth-order valence-electron chi connectivity index (χ4n) is 4.94. The van der Waals surface area contributed by atoms with Gasteiger partial charge in [0, 0.05) is 22.7 Å². The molecule has 168 valence electrons. The van der Waals surface area contributed by atoms with Gasteiger partial charge in [0.2, 0.25) is 0 Å². The average molecular weight is 423 g/mol. The molecule has 1 aliphatic heterocycles. The third kappa shape index (κ3) is 5.02. The molecular weight excluding hydrogens is 384 g/mol. The molecule has 2 aromatic rings. The minimum atomic E-state index is -0.172. The van der Waals surface area contributed by atoms with Crippen LogP contribution >= 0.6 is 0 Å². The summed E-state index contributed by atoms with van der Waals surface area (Å²) >= 11 is 0. The van der Waals surface area contributed by atoms with Crippen molar-refractivity contribution in [3.63, 3.8) is 0 Å². The number of carbonyl (C=O) groups is 1. The van der Waals surface area contributed by atoms with Crippen LogP contribution in [0.1, 0.15) is 69.8 Å². The molecule has 31 heavy (non-hydrogen) atoms. The molecule has 0 bridgehead atoms. The van der Waals surface area contributed by atoms with Gasteiger partial charge in [-0.2, -0.15) is 5.06 Å². The van der Waals surface area contributed by atoms with Gasteiger partial charge in [0.1, 0.15) is 0 Å². The molecule has 1 aliphatic rings. The molecule has 4 unspecified atom stereocenters. The fraction of sp³-hybridized carbons (Fsp3) is 0.519. The summed E-state index contributed by atoms with van der Waals surface area (Å²) in [5.41, 5.74) is 1.68. The van der Waals surface area contributed by atoms with Gasteiger partial charge in [0.05, 0.1) is 6.61 Å². The lowest BCUT2D eigenvalue weighted by atomic mass is 9.68. The van der Waals surface area contributed by atoms with Crippen LogP contribution in [-0.4, -0.2) is 34.7 Å². The van der Waals surface area contributed by atoms with Crippen LogP contribution in [0.15, 0.2) is 60.7 Å². The number of hydroxylamine groups is 2. The molecule has 2 aromatic carbocycles. The number of rotatable bonds is 8. The van der Waals surface area contributed by atoms with Crippen LogP contribution in [0.5, 0.6) is 0 Å². The molecular formula is C27H38N2O2. The number of hydrogen-bond donors (Lipinski definition) is 1. The molecule has 4 heteroatoms. The van der Waals surface area contributed by atoms with E-state index in [1.807, 2.05) is 36.4 Å². The first-order chi connectivity index (χ1) is 14.8. The van der Waals surface area contributed by atoms with Crippen LogP contribution in [-0.2, 0) is 11.3 Å². The molecule has 0 radical (unpaired) electrons. The van der Waals surface area contributed by atoms with Gasteiger partial charge in [-0.05, 0) is 63.1 Å². The summed E-state index contributed by atoms with van der Waals surface area (Å²) < 4.78 is 0. The van der Waals surface area contributed by atoms with Crippen molar-refractivity contribution >= 4 is 5.91 Å². The first kappa shape index (κ1) is 23.5. The van der Waals surface area contributed by atoms with Gasteiger partial charge >= 0.3 is 0 Å². The van der Waals surface area contributed by atoms with E-state index >= 15 is 0 Å².